The van der Waals surface area contributed by atoms with E-state index in [1.807, 2.05) is 18.5 Å². The molecule has 2 aliphatic rings. The van der Waals surface area contributed by atoms with Crippen molar-refractivity contribution in [2.24, 2.45) is 5.92 Å². The summed E-state index contributed by atoms with van der Waals surface area (Å²) in [4.78, 5) is 37.9. The van der Waals surface area contributed by atoms with Gasteiger partial charge in [0.1, 0.15) is 0 Å². The Morgan fingerprint density at radius 3 is 2.69 bits per heavy atom. The molecule has 0 aromatic carbocycles. The maximum absolute atomic E-state index is 13.0. The number of aromatic amines is 1. The Hall–Kier alpha value is -3.21. The van der Waals surface area contributed by atoms with Crippen molar-refractivity contribution >= 4 is 18.3 Å². The van der Waals surface area contributed by atoms with Gasteiger partial charge in [0.15, 0.2) is 5.69 Å². The molecule has 1 unspecified atom stereocenters. The first kappa shape index (κ1) is 23.5. The van der Waals surface area contributed by atoms with Crippen LogP contribution in [-0.4, -0.2) is 84.5 Å². The minimum atomic E-state index is -0.250. The maximum atomic E-state index is 13.0. The number of carbonyl (C=O) groups is 3. The minimum absolute atomic E-state index is 0.0443. The van der Waals surface area contributed by atoms with Gasteiger partial charge in [-0.15, -0.1) is 0 Å². The monoisotopic (exact) mass is 446 g/mol. The minimum Gasteiger partial charge on any atom is -0.483 e. The van der Waals surface area contributed by atoms with E-state index in [9.17, 15) is 14.7 Å². The van der Waals surface area contributed by atoms with Crippen LogP contribution < -0.4 is 0 Å². The van der Waals surface area contributed by atoms with E-state index in [4.69, 9.17) is 9.90 Å². The van der Waals surface area contributed by atoms with Crippen LogP contribution >= 0.6 is 0 Å². The zero-order valence-electron chi connectivity index (χ0n) is 18.5. The number of aliphatic hydroxyl groups is 1. The SMILES string of the molecule is CCn1ncc(C(=O)N2CCc3c(C(=O)N4CCCC(CO)C4)n[nH]c3C2)c1C.O=CO. The number of likely N-dealkylation sites (tertiary alicyclic amines) is 1. The van der Waals surface area contributed by atoms with E-state index < -0.39 is 0 Å². The van der Waals surface area contributed by atoms with E-state index in [-0.39, 0.29) is 30.8 Å². The Labute approximate surface area is 186 Å². The predicted octanol–water partition coefficient (Wildman–Crippen LogP) is 0.678. The number of aryl methyl sites for hydroxylation is 1. The highest BCUT2D eigenvalue weighted by atomic mass is 16.3. The van der Waals surface area contributed by atoms with Gasteiger partial charge in [-0.3, -0.25) is 24.2 Å². The van der Waals surface area contributed by atoms with Gasteiger partial charge in [0.2, 0.25) is 0 Å². The number of rotatable bonds is 4. The molecule has 2 amide bonds. The van der Waals surface area contributed by atoms with Crippen molar-refractivity contribution in [1.29, 1.82) is 0 Å². The molecule has 32 heavy (non-hydrogen) atoms. The van der Waals surface area contributed by atoms with Gasteiger partial charge in [-0.2, -0.15) is 10.2 Å². The number of carbonyl (C=O) groups excluding carboxylic acids is 2. The molecule has 0 saturated carbocycles. The molecular weight excluding hydrogens is 416 g/mol. The number of H-pyrrole nitrogens is 1. The highest BCUT2D eigenvalue weighted by molar-refractivity contribution is 5.96. The third kappa shape index (κ3) is 4.67. The third-order valence-electron chi connectivity index (χ3n) is 6.12. The highest BCUT2D eigenvalue weighted by Crippen LogP contribution is 2.25. The van der Waals surface area contributed by atoms with Gasteiger partial charge in [-0.1, -0.05) is 0 Å². The molecule has 4 rings (SSSR count). The number of amides is 2. The van der Waals surface area contributed by atoms with Crippen LogP contribution in [0.2, 0.25) is 0 Å². The van der Waals surface area contributed by atoms with Gasteiger partial charge < -0.3 is 20.0 Å². The fourth-order valence-corrected chi connectivity index (χ4v) is 4.36. The molecule has 0 radical (unpaired) electrons. The lowest BCUT2D eigenvalue weighted by Crippen LogP contribution is -2.42. The van der Waals surface area contributed by atoms with Crippen LogP contribution in [-0.2, 0) is 24.3 Å². The van der Waals surface area contributed by atoms with E-state index in [1.165, 1.54) is 0 Å². The van der Waals surface area contributed by atoms with Gasteiger partial charge in [0, 0.05) is 44.0 Å². The largest absolute Gasteiger partial charge is 0.483 e. The summed E-state index contributed by atoms with van der Waals surface area (Å²) in [5.74, 6) is 0.0143. The van der Waals surface area contributed by atoms with Crippen molar-refractivity contribution in [3.63, 3.8) is 0 Å². The number of nitrogens with one attached hydrogen (secondary N) is 1. The molecular formula is C21H30N6O5. The molecule has 11 nitrogen and oxygen atoms in total. The van der Waals surface area contributed by atoms with Crippen LogP contribution in [0.1, 0.15) is 57.6 Å². The first-order valence-corrected chi connectivity index (χ1v) is 10.8. The Balaban J connectivity index is 0.000000913. The number of piperidine rings is 1. The Kier molecular flexibility index (Phi) is 7.62. The van der Waals surface area contributed by atoms with Crippen molar-refractivity contribution in [3.05, 3.63) is 34.4 Å². The second-order valence-electron chi connectivity index (χ2n) is 8.01. The smallest absolute Gasteiger partial charge is 0.290 e. The molecule has 174 valence electrons. The number of fused-ring (bicyclic) bond motifs is 1. The van der Waals surface area contributed by atoms with E-state index in [2.05, 4.69) is 15.3 Å². The Bertz CT molecular complexity index is 968. The molecule has 2 aliphatic heterocycles. The summed E-state index contributed by atoms with van der Waals surface area (Å²) in [5, 5.41) is 27.8. The third-order valence-corrected chi connectivity index (χ3v) is 6.12. The quantitative estimate of drug-likeness (QED) is 0.586. The summed E-state index contributed by atoms with van der Waals surface area (Å²) < 4.78 is 1.81. The van der Waals surface area contributed by atoms with E-state index >= 15 is 0 Å². The summed E-state index contributed by atoms with van der Waals surface area (Å²) in [7, 11) is 0. The molecule has 2 aromatic rings. The molecule has 2 aromatic heterocycles. The van der Waals surface area contributed by atoms with Crippen LogP contribution in [0.3, 0.4) is 0 Å². The maximum Gasteiger partial charge on any atom is 0.290 e. The number of aliphatic hydroxyl groups excluding tert-OH is 1. The average Bonchev–Trinajstić information content (AvgIpc) is 3.41. The topological polar surface area (TPSA) is 145 Å². The number of hydrogen-bond acceptors (Lipinski definition) is 6. The van der Waals surface area contributed by atoms with E-state index in [0.717, 1.165) is 36.3 Å². The molecule has 1 saturated heterocycles. The van der Waals surface area contributed by atoms with Crippen LogP contribution in [0.15, 0.2) is 6.20 Å². The van der Waals surface area contributed by atoms with Crippen molar-refractivity contribution in [2.75, 3.05) is 26.2 Å². The predicted molar refractivity (Wildman–Crippen MR) is 114 cm³/mol. The number of nitrogens with zero attached hydrogens (tertiary/aromatic N) is 5. The molecule has 0 bridgehead atoms. The van der Waals surface area contributed by atoms with E-state index in [1.54, 1.807) is 16.0 Å². The summed E-state index contributed by atoms with van der Waals surface area (Å²) >= 11 is 0. The fourth-order valence-electron chi connectivity index (χ4n) is 4.36. The van der Waals surface area contributed by atoms with E-state index in [0.29, 0.717) is 43.9 Å². The molecule has 1 atom stereocenters. The fraction of sp³-hybridized carbons (Fsp3) is 0.571. The molecule has 11 heteroatoms. The summed E-state index contributed by atoms with van der Waals surface area (Å²) in [6, 6.07) is 0. The lowest BCUT2D eigenvalue weighted by molar-refractivity contribution is -0.122. The van der Waals surface area contributed by atoms with Crippen LogP contribution in [0.4, 0.5) is 0 Å². The summed E-state index contributed by atoms with van der Waals surface area (Å²) in [6.45, 7) is 6.70. The zero-order chi connectivity index (χ0) is 23.3. The summed E-state index contributed by atoms with van der Waals surface area (Å²) in [5.41, 5.74) is 3.68. The van der Waals surface area contributed by atoms with Crippen molar-refractivity contribution in [2.45, 2.75) is 46.2 Å². The Morgan fingerprint density at radius 1 is 1.28 bits per heavy atom. The first-order chi connectivity index (χ1) is 15.4. The zero-order valence-corrected chi connectivity index (χ0v) is 18.5. The number of aromatic nitrogens is 4. The van der Waals surface area contributed by atoms with Crippen LogP contribution in [0.25, 0.3) is 0 Å². The number of carboxylic acid groups (broad SMARTS) is 1. The van der Waals surface area contributed by atoms with Gasteiger partial charge >= 0.3 is 0 Å². The normalized spacial score (nSPS) is 17.9. The first-order valence-electron chi connectivity index (χ1n) is 10.8. The van der Waals surface area contributed by atoms with Crippen LogP contribution in [0.5, 0.6) is 0 Å². The van der Waals surface area contributed by atoms with Gasteiger partial charge in [0.25, 0.3) is 18.3 Å². The average molecular weight is 447 g/mol. The van der Waals surface area contributed by atoms with Gasteiger partial charge in [0.05, 0.1) is 24.0 Å². The standard InChI is InChI=1S/C20H28N6O3.CH2O2/c1-3-26-13(2)16(9-21-26)19(28)25-8-6-15-17(11-25)22-23-18(15)20(29)24-7-4-5-14(10-24)12-27;2-1-3/h9,14,27H,3-8,10-12H2,1-2H3,(H,22,23);1H,(H,2,3). The van der Waals surface area contributed by atoms with Crippen molar-refractivity contribution < 1.29 is 24.6 Å². The molecule has 3 N–H and O–H groups in total. The number of hydrogen-bond donors (Lipinski definition) is 3. The van der Waals surface area contributed by atoms with Crippen molar-refractivity contribution in [1.82, 2.24) is 29.8 Å². The van der Waals surface area contributed by atoms with Gasteiger partial charge in [-0.05, 0) is 39.0 Å². The van der Waals surface area contributed by atoms with Gasteiger partial charge in [-0.25, -0.2) is 0 Å². The second-order valence-corrected chi connectivity index (χ2v) is 8.01. The Morgan fingerprint density at radius 2 is 2.03 bits per heavy atom. The highest BCUT2D eigenvalue weighted by Gasteiger charge is 2.32. The lowest BCUT2D eigenvalue weighted by atomic mass is 9.97. The molecule has 0 aliphatic carbocycles. The molecule has 0 spiro atoms. The van der Waals surface area contributed by atoms with Crippen molar-refractivity contribution in [3.8, 4) is 0 Å². The summed E-state index contributed by atoms with van der Waals surface area (Å²) in [6.07, 6.45) is 4.07. The molecule has 4 heterocycles. The molecule has 1 fully saturated rings. The van der Waals surface area contributed by atoms with Crippen LogP contribution in [0, 0.1) is 12.8 Å². The second kappa shape index (κ2) is 10.4. The lowest BCUT2D eigenvalue weighted by Gasteiger charge is -2.32.